The second kappa shape index (κ2) is 5.99. The molecule has 0 saturated carbocycles. The van der Waals surface area contributed by atoms with Crippen molar-refractivity contribution in [1.82, 2.24) is 20.2 Å². The Morgan fingerprint density at radius 1 is 1.29 bits per heavy atom. The summed E-state index contributed by atoms with van der Waals surface area (Å²) in [6.45, 7) is 3.58. The third-order valence-corrected chi connectivity index (χ3v) is 4.36. The number of halogens is 2. The molecule has 0 amide bonds. The summed E-state index contributed by atoms with van der Waals surface area (Å²) in [6.07, 6.45) is 0.719. The van der Waals surface area contributed by atoms with Crippen molar-refractivity contribution in [1.29, 1.82) is 0 Å². The van der Waals surface area contributed by atoms with Crippen molar-refractivity contribution in [2.45, 2.75) is 32.2 Å². The quantitative estimate of drug-likeness (QED) is 0.911. The molecule has 2 aromatic rings. The van der Waals surface area contributed by atoms with Crippen molar-refractivity contribution in [2.75, 3.05) is 0 Å². The Labute approximate surface area is 131 Å². The van der Waals surface area contributed by atoms with E-state index in [2.05, 4.69) is 15.5 Å². The van der Waals surface area contributed by atoms with Crippen LogP contribution in [0.5, 0.6) is 0 Å². The lowest BCUT2D eigenvalue weighted by molar-refractivity contribution is -0.148. The summed E-state index contributed by atoms with van der Waals surface area (Å²) < 4.78 is 1.34. The monoisotopic (exact) mass is 328 g/mol. The molecular weight excluding hydrogens is 315 g/mol. The van der Waals surface area contributed by atoms with E-state index in [1.807, 2.05) is 0 Å². The first-order valence-electron chi connectivity index (χ1n) is 6.44. The summed E-state index contributed by atoms with van der Waals surface area (Å²) in [5.41, 5.74) is -0.577. The zero-order chi connectivity index (χ0) is 15.6. The Kier molecular flexibility index (Phi) is 4.49. The number of hydrogen-bond acceptors (Lipinski definition) is 4. The highest BCUT2D eigenvalue weighted by atomic mass is 35.5. The van der Waals surface area contributed by atoms with Gasteiger partial charge in [0.1, 0.15) is 0 Å². The van der Waals surface area contributed by atoms with Crippen LogP contribution in [0.15, 0.2) is 18.2 Å². The highest BCUT2D eigenvalue weighted by molar-refractivity contribution is 6.42. The fourth-order valence-corrected chi connectivity index (χ4v) is 2.53. The number of rotatable bonds is 5. The van der Waals surface area contributed by atoms with Gasteiger partial charge in [-0.2, -0.15) is 0 Å². The molecule has 21 heavy (non-hydrogen) atoms. The first-order valence-corrected chi connectivity index (χ1v) is 7.19. The van der Waals surface area contributed by atoms with Gasteiger partial charge in [-0.05, 0) is 41.5 Å². The number of aliphatic carboxylic acids is 1. The Morgan fingerprint density at radius 2 is 1.95 bits per heavy atom. The van der Waals surface area contributed by atoms with Crippen LogP contribution in [-0.4, -0.2) is 31.3 Å². The van der Waals surface area contributed by atoms with Crippen LogP contribution >= 0.6 is 23.2 Å². The van der Waals surface area contributed by atoms with Gasteiger partial charge in [0.2, 0.25) is 0 Å². The average Bonchev–Trinajstić information content (AvgIpc) is 2.93. The lowest BCUT2D eigenvalue weighted by Crippen LogP contribution is -2.42. The third-order valence-electron chi connectivity index (χ3n) is 3.62. The lowest BCUT2D eigenvalue weighted by atomic mass is 9.92. The van der Waals surface area contributed by atoms with Crippen LogP contribution in [0, 0.1) is 0 Å². The predicted molar refractivity (Wildman–Crippen MR) is 79.5 cm³/mol. The summed E-state index contributed by atoms with van der Waals surface area (Å²) in [6, 6.07) is 4.94. The molecule has 1 aromatic heterocycles. The van der Waals surface area contributed by atoms with Crippen molar-refractivity contribution in [3.05, 3.63) is 28.2 Å². The van der Waals surface area contributed by atoms with E-state index in [4.69, 9.17) is 23.2 Å². The molecule has 1 N–H and O–H groups in total. The first-order chi connectivity index (χ1) is 9.96. The number of carboxylic acids is 1. The number of carbonyl (C=O) groups is 1. The zero-order valence-electron chi connectivity index (χ0n) is 11.5. The molecule has 0 atom stereocenters. The summed E-state index contributed by atoms with van der Waals surface area (Å²) in [7, 11) is 0. The molecule has 0 unspecified atom stereocenters. The number of nitrogens with zero attached hydrogens (tertiary/aromatic N) is 4. The summed E-state index contributed by atoms with van der Waals surface area (Å²) in [5.74, 6) is -0.624. The molecule has 0 aliphatic heterocycles. The van der Waals surface area contributed by atoms with Crippen LogP contribution in [-0.2, 0) is 10.3 Å². The van der Waals surface area contributed by atoms with Crippen molar-refractivity contribution in [2.24, 2.45) is 0 Å². The minimum Gasteiger partial charge on any atom is -0.479 e. The van der Waals surface area contributed by atoms with Crippen LogP contribution in [0.2, 0.25) is 10.0 Å². The number of benzene rings is 1. The largest absolute Gasteiger partial charge is 0.479 e. The van der Waals surface area contributed by atoms with Gasteiger partial charge in [0.05, 0.1) is 10.0 Å². The SMILES string of the molecule is CCC(CC)(C(=O)O)n1nnnc1-c1ccc(Cl)c(Cl)c1. The van der Waals surface area contributed by atoms with E-state index in [9.17, 15) is 9.90 Å². The van der Waals surface area contributed by atoms with Crippen molar-refractivity contribution < 1.29 is 9.90 Å². The van der Waals surface area contributed by atoms with E-state index >= 15 is 0 Å². The molecule has 1 heterocycles. The standard InChI is InChI=1S/C13H14Cl2N4O2/c1-3-13(4-2,12(20)21)19-11(16-17-18-19)8-5-6-9(14)10(15)7-8/h5-7H,3-4H2,1-2H3,(H,20,21). The minimum absolute atomic E-state index is 0.347. The maximum absolute atomic E-state index is 11.7. The maximum Gasteiger partial charge on any atom is 0.331 e. The fraction of sp³-hybridized carbons (Fsp3) is 0.385. The molecule has 0 spiro atoms. The second-order valence-electron chi connectivity index (χ2n) is 4.59. The van der Waals surface area contributed by atoms with E-state index in [1.165, 1.54) is 4.68 Å². The van der Waals surface area contributed by atoms with Gasteiger partial charge in [-0.25, -0.2) is 9.48 Å². The normalized spacial score (nSPS) is 11.6. The van der Waals surface area contributed by atoms with Crippen LogP contribution in [0.4, 0.5) is 0 Å². The fourth-order valence-electron chi connectivity index (χ4n) is 2.23. The number of tetrazole rings is 1. The minimum atomic E-state index is -1.19. The molecule has 6 nitrogen and oxygen atoms in total. The van der Waals surface area contributed by atoms with Gasteiger partial charge >= 0.3 is 5.97 Å². The lowest BCUT2D eigenvalue weighted by Gasteiger charge is -2.27. The zero-order valence-corrected chi connectivity index (χ0v) is 13.1. The van der Waals surface area contributed by atoms with E-state index in [0.29, 0.717) is 34.3 Å². The van der Waals surface area contributed by atoms with Gasteiger partial charge < -0.3 is 5.11 Å². The van der Waals surface area contributed by atoms with Gasteiger partial charge in [-0.1, -0.05) is 37.0 Å². The number of aromatic nitrogens is 4. The number of hydrogen-bond donors (Lipinski definition) is 1. The summed E-state index contributed by atoms with van der Waals surface area (Å²) in [4.78, 5) is 11.7. The molecule has 8 heteroatoms. The van der Waals surface area contributed by atoms with Crippen LogP contribution in [0.3, 0.4) is 0 Å². The van der Waals surface area contributed by atoms with E-state index in [0.717, 1.165) is 0 Å². The Hall–Kier alpha value is -1.66. The van der Waals surface area contributed by atoms with Crippen LogP contribution in [0.25, 0.3) is 11.4 Å². The highest BCUT2D eigenvalue weighted by Crippen LogP contribution is 2.32. The first kappa shape index (κ1) is 15.7. The molecule has 0 aliphatic carbocycles. The van der Waals surface area contributed by atoms with Crippen molar-refractivity contribution >= 4 is 29.2 Å². The second-order valence-corrected chi connectivity index (χ2v) is 5.40. The molecule has 0 aliphatic rings. The molecule has 112 valence electrons. The van der Waals surface area contributed by atoms with Gasteiger partial charge in [0.25, 0.3) is 0 Å². The topological polar surface area (TPSA) is 80.9 Å². The maximum atomic E-state index is 11.7. The smallest absolute Gasteiger partial charge is 0.331 e. The molecule has 0 bridgehead atoms. The van der Waals surface area contributed by atoms with E-state index in [1.54, 1.807) is 32.0 Å². The Bertz CT molecular complexity index is 668. The van der Waals surface area contributed by atoms with Gasteiger partial charge in [0.15, 0.2) is 11.4 Å². The Balaban J connectivity index is 2.61. The predicted octanol–water partition coefficient (Wildman–Crippen LogP) is 3.25. The molecular formula is C13H14Cl2N4O2. The van der Waals surface area contributed by atoms with Gasteiger partial charge in [-0.15, -0.1) is 5.10 Å². The van der Waals surface area contributed by atoms with E-state index in [-0.39, 0.29) is 0 Å². The molecule has 0 radical (unpaired) electrons. The highest BCUT2D eigenvalue weighted by Gasteiger charge is 2.40. The van der Waals surface area contributed by atoms with Crippen LogP contribution < -0.4 is 0 Å². The van der Waals surface area contributed by atoms with Crippen molar-refractivity contribution in [3.8, 4) is 11.4 Å². The molecule has 0 fully saturated rings. The summed E-state index contributed by atoms with van der Waals surface area (Å²) in [5, 5.41) is 21.8. The Morgan fingerprint density at radius 3 is 2.48 bits per heavy atom. The van der Waals surface area contributed by atoms with Crippen molar-refractivity contribution in [3.63, 3.8) is 0 Å². The average molecular weight is 329 g/mol. The third kappa shape index (κ3) is 2.61. The number of carboxylic acid groups (broad SMARTS) is 1. The molecule has 2 rings (SSSR count). The molecule has 1 aromatic carbocycles. The van der Waals surface area contributed by atoms with E-state index < -0.39 is 11.5 Å². The van der Waals surface area contributed by atoms with Gasteiger partial charge in [-0.3, -0.25) is 0 Å². The van der Waals surface area contributed by atoms with Gasteiger partial charge in [0, 0.05) is 5.56 Å². The summed E-state index contributed by atoms with van der Waals surface area (Å²) >= 11 is 11.9. The van der Waals surface area contributed by atoms with Crippen LogP contribution in [0.1, 0.15) is 26.7 Å². The molecule has 0 saturated heterocycles.